The van der Waals surface area contributed by atoms with Crippen LogP contribution >= 0.6 is 15.9 Å². The van der Waals surface area contributed by atoms with Gasteiger partial charge >= 0.3 is 0 Å². The molecule has 0 radical (unpaired) electrons. The van der Waals surface area contributed by atoms with Crippen molar-refractivity contribution in [2.75, 3.05) is 25.0 Å². The summed E-state index contributed by atoms with van der Waals surface area (Å²) in [5.74, 6) is 0.693. The van der Waals surface area contributed by atoms with Crippen molar-refractivity contribution in [1.82, 2.24) is 19.9 Å². The van der Waals surface area contributed by atoms with E-state index >= 15 is 0 Å². The quantitative estimate of drug-likeness (QED) is 0.910. The molecule has 1 aliphatic heterocycles. The molecule has 102 valence electrons. The van der Waals surface area contributed by atoms with E-state index in [0.717, 1.165) is 29.8 Å². The van der Waals surface area contributed by atoms with Crippen molar-refractivity contribution in [3.8, 4) is 0 Å². The van der Waals surface area contributed by atoms with E-state index in [-0.39, 0.29) is 5.41 Å². The minimum atomic E-state index is 0.285. The average Bonchev–Trinajstić information content (AvgIpc) is 2.82. The first kappa shape index (κ1) is 12.9. The van der Waals surface area contributed by atoms with Gasteiger partial charge in [-0.1, -0.05) is 6.92 Å². The van der Waals surface area contributed by atoms with Crippen LogP contribution in [0, 0.1) is 5.41 Å². The monoisotopic (exact) mass is 323 g/mol. The fourth-order valence-electron chi connectivity index (χ4n) is 2.51. The van der Waals surface area contributed by atoms with Crippen molar-refractivity contribution in [2.45, 2.75) is 19.8 Å². The lowest BCUT2D eigenvalue weighted by Gasteiger charge is -2.34. The van der Waals surface area contributed by atoms with Gasteiger partial charge in [0.15, 0.2) is 5.65 Å². The van der Waals surface area contributed by atoms with Gasteiger partial charge in [0, 0.05) is 19.3 Å². The topological polar surface area (TPSA) is 54.2 Å². The Labute approximate surface area is 120 Å². The van der Waals surface area contributed by atoms with Crippen LogP contribution in [0.2, 0.25) is 0 Å². The van der Waals surface area contributed by atoms with Crippen molar-refractivity contribution in [3.63, 3.8) is 0 Å². The van der Waals surface area contributed by atoms with Gasteiger partial charge in [0.1, 0.15) is 0 Å². The smallest absolute Gasteiger partial charge is 0.243 e. The normalized spacial score (nSPS) is 23.7. The summed E-state index contributed by atoms with van der Waals surface area (Å²) in [5.41, 5.74) is 1.13. The number of halogens is 1. The van der Waals surface area contributed by atoms with Crippen LogP contribution in [0.15, 0.2) is 22.8 Å². The van der Waals surface area contributed by atoms with Crippen LogP contribution < -0.4 is 10.6 Å². The van der Waals surface area contributed by atoms with Gasteiger partial charge in [0.25, 0.3) is 0 Å². The number of hydrogen-bond donors (Lipinski definition) is 2. The molecule has 3 heterocycles. The van der Waals surface area contributed by atoms with Gasteiger partial charge in [-0.05, 0) is 52.9 Å². The largest absolute Gasteiger partial charge is 0.352 e. The highest BCUT2D eigenvalue weighted by molar-refractivity contribution is 9.10. The highest BCUT2D eigenvalue weighted by Gasteiger charge is 2.26. The van der Waals surface area contributed by atoms with E-state index in [1.54, 1.807) is 4.52 Å². The number of hydrogen-bond acceptors (Lipinski definition) is 4. The second-order valence-corrected chi connectivity index (χ2v) is 6.36. The number of nitrogens with zero attached hydrogens (tertiary/aromatic N) is 3. The minimum absolute atomic E-state index is 0.285. The molecule has 2 aromatic heterocycles. The first-order chi connectivity index (χ1) is 9.16. The van der Waals surface area contributed by atoms with Gasteiger partial charge in [-0.2, -0.15) is 4.98 Å². The Balaban J connectivity index is 1.73. The van der Waals surface area contributed by atoms with Crippen molar-refractivity contribution in [2.24, 2.45) is 5.41 Å². The summed E-state index contributed by atoms with van der Waals surface area (Å²) < 4.78 is 2.74. The Kier molecular flexibility index (Phi) is 3.45. The summed E-state index contributed by atoms with van der Waals surface area (Å²) in [6.45, 7) is 5.39. The van der Waals surface area contributed by atoms with Crippen LogP contribution in [0.3, 0.4) is 0 Å². The van der Waals surface area contributed by atoms with Gasteiger partial charge in [-0.15, -0.1) is 5.10 Å². The summed E-state index contributed by atoms with van der Waals surface area (Å²) in [5, 5.41) is 11.3. The Morgan fingerprint density at radius 1 is 1.58 bits per heavy atom. The molecule has 0 amide bonds. The Morgan fingerprint density at radius 2 is 2.47 bits per heavy atom. The van der Waals surface area contributed by atoms with E-state index < -0.39 is 0 Å². The number of pyridine rings is 1. The second kappa shape index (κ2) is 5.09. The third kappa shape index (κ3) is 2.74. The molecule has 0 spiro atoms. The molecule has 1 fully saturated rings. The number of anilines is 1. The van der Waals surface area contributed by atoms with E-state index in [1.165, 1.54) is 12.8 Å². The zero-order valence-corrected chi connectivity index (χ0v) is 12.6. The molecule has 2 N–H and O–H groups in total. The molecule has 2 aromatic rings. The van der Waals surface area contributed by atoms with Crippen LogP contribution in [0.4, 0.5) is 5.95 Å². The summed E-state index contributed by atoms with van der Waals surface area (Å²) in [4.78, 5) is 4.50. The molecular weight excluding hydrogens is 306 g/mol. The van der Waals surface area contributed by atoms with E-state index in [4.69, 9.17) is 0 Å². The standard InChI is InChI=1S/C13H18BrN5/c1-13(5-3-6-15-8-13)9-16-12-17-11-10(14)4-2-7-19(11)18-12/h2,4,7,15H,3,5-6,8-9H2,1H3,(H,16,18). The van der Waals surface area contributed by atoms with Gasteiger partial charge < -0.3 is 10.6 Å². The fraction of sp³-hybridized carbons (Fsp3) is 0.538. The predicted octanol–water partition coefficient (Wildman–Crippen LogP) is 2.29. The summed E-state index contributed by atoms with van der Waals surface area (Å²) in [7, 11) is 0. The van der Waals surface area contributed by atoms with Gasteiger partial charge in [0.2, 0.25) is 5.95 Å². The molecule has 1 atom stereocenters. The van der Waals surface area contributed by atoms with Crippen LogP contribution in [0.1, 0.15) is 19.8 Å². The number of fused-ring (bicyclic) bond motifs is 1. The van der Waals surface area contributed by atoms with Crippen LogP contribution in [-0.4, -0.2) is 34.2 Å². The number of nitrogens with one attached hydrogen (secondary N) is 2. The van der Waals surface area contributed by atoms with E-state index in [0.29, 0.717) is 5.95 Å². The molecule has 1 unspecified atom stereocenters. The molecule has 1 aliphatic rings. The summed E-state index contributed by atoms with van der Waals surface area (Å²) in [6, 6.07) is 3.92. The van der Waals surface area contributed by atoms with Gasteiger partial charge in [-0.3, -0.25) is 0 Å². The summed E-state index contributed by atoms with van der Waals surface area (Å²) in [6.07, 6.45) is 4.38. The van der Waals surface area contributed by atoms with E-state index in [9.17, 15) is 0 Å². The third-order valence-corrected chi connectivity index (χ3v) is 4.29. The van der Waals surface area contributed by atoms with Crippen LogP contribution in [-0.2, 0) is 0 Å². The molecule has 1 saturated heterocycles. The molecule has 0 aromatic carbocycles. The van der Waals surface area contributed by atoms with Crippen molar-refractivity contribution in [1.29, 1.82) is 0 Å². The van der Waals surface area contributed by atoms with Gasteiger partial charge in [-0.25, -0.2) is 4.52 Å². The van der Waals surface area contributed by atoms with Crippen LogP contribution in [0.5, 0.6) is 0 Å². The third-order valence-electron chi connectivity index (χ3n) is 3.67. The maximum atomic E-state index is 4.50. The lowest BCUT2D eigenvalue weighted by Crippen LogP contribution is -2.42. The highest BCUT2D eigenvalue weighted by Crippen LogP contribution is 2.25. The Hall–Kier alpha value is -1.14. The van der Waals surface area contributed by atoms with E-state index in [2.05, 4.69) is 43.6 Å². The predicted molar refractivity (Wildman–Crippen MR) is 79.4 cm³/mol. The SMILES string of the molecule is CC1(CNc2nc3c(Br)cccn3n2)CCCNC1. The Morgan fingerprint density at radius 3 is 3.21 bits per heavy atom. The zero-order chi connectivity index (χ0) is 13.3. The number of rotatable bonds is 3. The molecule has 0 aliphatic carbocycles. The second-order valence-electron chi connectivity index (χ2n) is 5.50. The first-order valence-electron chi connectivity index (χ1n) is 6.62. The molecule has 5 nitrogen and oxygen atoms in total. The lowest BCUT2D eigenvalue weighted by atomic mass is 9.83. The van der Waals surface area contributed by atoms with E-state index in [1.807, 2.05) is 18.3 Å². The molecule has 0 bridgehead atoms. The number of aromatic nitrogens is 3. The van der Waals surface area contributed by atoms with Crippen molar-refractivity contribution in [3.05, 3.63) is 22.8 Å². The lowest BCUT2D eigenvalue weighted by molar-refractivity contribution is 0.253. The first-order valence-corrected chi connectivity index (χ1v) is 7.41. The zero-order valence-electron chi connectivity index (χ0n) is 11.0. The highest BCUT2D eigenvalue weighted by atomic mass is 79.9. The molecule has 0 saturated carbocycles. The van der Waals surface area contributed by atoms with Crippen molar-refractivity contribution >= 4 is 27.5 Å². The molecule has 3 rings (SSSR count). The molecule has 19 heavy (non-hydrogen) atoms. The maximum absolute atomic E-state index is 4.50. The average molecular weight is 324 g/mol. The van der Waals surface area contributed by atoms with Crippen molar-refractivity contribution < 1.29 is 0 Å². The summed E-state index contributed by atoms with van der Waals surface area (Å²) >= 11 is 3.49. The fourth-order valence-corrected chi connectivity index (χ4v) is 2.93. The number of piperidine rings is 1. The molecule has 6 heteroatoms. The minimum Gasteiger partial charge on any atom is -0.352 e. The maximum Gasteiger partial charge on any atom is 0.243 e. The Bertz CT molecular complexity index is 573. The van der Waals surface area contributed by atoms with Gasteiger partial charge in [0.05, 0.1) is 4.47 Å². The molecular formula is C13H18BrN5. The van der Waals surface area contributed by atoms with Crippen LogP contribution in [0.25, 0.3) is 5.65 Å².